The Balaban J connectivity index is 1.75. The SMILES string of the molecule is COc1cnc2nn(CC(=O)N[C@@H](C)c3ccc(F)c(F)c3)c(=O)n2c1. The van der Waals surface area contributed by atoms with Crippen molar-refractivity contribution in [3.8, 4) is 5.75 Å². The van der Waals surface area contributed by atoms with Gasteiger partial charge in [-0.3, -0.25) is 4.79 Å². The van der Waals surface area contributed by atoms with E-state index in [0.717, 1.165) is 21.2 Å². The van der Waals surface area contributed by atoms with Crippen LogP contribution in [0.15, 0.2) is 35.4 Å². The molecule has 1 amide bonds. The molecule has 0 unspecified atom stereocenters. The van der Waals surface area contributed by atoms with Gasteiger partial charge in [0, 0.05) is 0 Å². The number of halogens is 2. The number of amides is 1. The minimum absolute atomic E-state index is 0.122. The maximum Gasteiger partial charge on any atom is 0.352 e. The Hall–Kier alpha value is -3.30. The fourth-order valence-corrected chi connectivity index (χ4v) is 2.39. The average molecular weight is 363 g/mol. The van der Waals surface area contributed by atoms with Gasteiger partial charge >= 0.3 is 5.69 Å². The predicted molar refractivity (Wildman–Crippen MR) is 86.7 cm³/mol. The molecule has 0 fully saturated rings. The summed E-state index contributed by atoms with van der Waals surface area (Å²) in [6, 6.07) is 2.78. The van der Waals surface area contributed by atoms with E-state index in [4.69, 9.17) is 4.74 Å². The van der Waals surface area contributed by atoms with E-state index in [1.165, 1.54) is 25.6 Å². The quantitative estimate of drug-likeness (QED) is 0.732. The molecule has 1 atom stereocenters. The van der Waals surface area contributed by atoms with Gasteiger partial charge in [0.25, 0.3) is 5.78 Å². The number of carbonyl (C=O) groups excluding carboxylic acids is 1. The largest absolute Gasteiger partial charge is 0.494 e. The number of ether oxygens (including phenoxy) is 1. The van der Waals surface area contributed by atoms with E-state index >= 15 is 0 Å². The van der Waals surface area contributed by atoms with E-state index in [1.54, 1.807) is 6.92 Å². The van der Waals surface area contributed by atoms with Crippen molar-refractivity contribution < 1.29 is 18.3 Å². The number of nitrogens with one attached hydrogen (secondary N) is 1. The predicted octanol–water partition coefficient (Wildman–Crippen LogP) is 1.06. The molecule has 2 heterocycles. The fraction of sp³-hybridized carbons (Fsp3) is 0.250. The minimum Gasteiger partial charge on any atom is -0.494 e. The van der Waals surface area contributed by atoms with Crippen molar-refractivity contribution in [2.75, 3.05) is 7.11 Å². The van der Waals surface area contributed by atoms with Gasteiger partial charge < -0.3 is 10.1 Å². The Labute approximate surface area is 146 Å². The van der Waals surface area contributed by atoms with Crippen LogP contribution < -0.4 is 15.7 Å². The van der Waals surface area contributed by atoms with Crippen molar-refractivity contribution in [3.05, 3.63) is 58.3 Å². The van der Waals surface area contributed by atoms with Gasteiger partial charge in [-0.25, -0.2) is 27.6 Å². The number of nitrogens with zero attached hydrogens (tertiary/aromatic N) is 4. The number of fused-ring (bicyclic) bond motifs is 1. The number of methoxy groups -OCH3 is 1. The molecule has 3 rings (SSSR count). The molecular weight excluding hydrogens is 348 g/mol. The van der Waals surface area contributed by atoms with E-state index in [-0.39, 0.29) is 12.3 Å². The van der Waals surface area contributed by atoms with E-state index in [1.807, 2.05) is 0 Å². The number of rotatable bonds is 5. The third kappa shape index (κ3) is 3.39. The second-order valence-electron chi connectivity index (χ2n) is 5.57. The highest BCUT2D eigenvalue weighted by Gasteiger charge is 2.15. The van der Waals surface area contributed by atoms with Crippen LogP contribution >= 0.6 is 0 Å². The fourth-order valence-electron chi connectivity index (χ4n) is 2.39. The van der Waals surface area contributed by atoms with Crippen molar-refractivity contribution >= 4 is 11.7 Å². The molecule has 0 spiro atoms. The standard InChI is InChI=1S/C16H15F2N5O3/c1-9(10-3-4-12(17)13(18)5-10)20-14(24)8-23-16(25)22-7-11(26-2)6-19-15(22)21-23/h3-7,9H,8H2,1-2H3,(H,20,24)/t9-/m0/s1. The lowest BCUT2D eigenvalue weighted by Crippen LogP contribution is -2.34. The van der Waals surface area contributed by atoms with Gasteiger partial charge in [0.2, 0.25) is 5.91 Å². The zero-order valence-corrected chi connectivity index (χ0v) is 13.9. The Kier molecular flexibility index (Phi) is 4.65. The van der Waals surface area contributed by atoms with Crippen LogP contribution in [0.5, 0.6) is 5.75 Å². The zero-order chi connectivity index (χ0) is 18.8. The van der Waals surface area contributed by atoms with Crippen LogP contribution in [-0.2, 0) is 11.3 Å². The van der Waals surface area contributed by atoms with Crippen LogP contribution in [0.4, 0.5) is 8.78 Å². The molecule has 0 radical (unpaired) electrons. The van der Waals surface area contributed by atoms with Crippen molar-refractivity contribution in [2.45, 2.75) is 19.5 Å². The van der Waals surface area contributed by atoms with Crippen LogP contribution in [0.1, 0.15) is 18.5 Å². The second-order valence-corrected chi connectivity index (χ2v) is 5.57. The van der Waals surface area contributed by atoms with E-state index in [0.29, 0.717) is 11.3 Å². The Morgan fingerprint density at radius 2 is 2.12 bits per heavy atom. The summed E-state index contributed by atoms with van der Waals surface area (Å²) in [5, 5.41) is 6.57. The first-order valence-electron chi connectivity index (χ1n) is 7.62. The molecule has 8 nitrogen and oxygen atoms in total. The first-order valence-corrected chi connectivity index (χ1v) is 7.62. The smallest absolute Gasteiger partial charge is 0.352 e. The van der Waals surface area contributed by atoms with Gasteiger partial charge in [-0.05, 0) is 24.6 Å². The number of carbonyl (C=O) groups is 1. The van der Waals surface area contributed by atoms with E-state index < -0.39 is 29.3 Å². The topological polar surface area (TPSA) is 90.5 Å². The molecule has 0 aliphatic carbocycles. The average Bonchev–Trinajstić information content (AvgIpc) is 2.92. The van der Waals surface area contributed by atoms with Crippen molar-refractivity contribution in [2.24, 2.45) is 0 Å². The summed E-state index contributed by atoms with van der Waals surface area (Å²) in [6.07, 6.45) is 2.81. The molecule has 3 aromatic rings. The third-order valence-corrected chi connectivity index (χ3v) is 3.77. The van der Waals surface area contributed by atoms with Crippen LogP contribution in [0.25, 0.3) is 5.78 Å². The molecule has 2 aromatic heterocycles. The van der Waals surface area contributed by atoms with Gasteiger partial charge in [-0.1, -0.05) is 6.07 Å². The maximum atomic E-state index is 13.3. The monoisotopic (exact) mass is 363 g/mol. The van der Waals surface area contributed by atoms with Gasteiger partial charge in [0.1, 0.15) is 6.54 Å². The molecule has 1 aromatic carbocycles. The molecule has 0 saturated carbocycles. The van der Waals surface area contributed by atoms with E-state index in [9.17, 15) is 18.4 Å². The molecular formula is C16H15F2N5O3. The number of hydrogen-bond donors (Lipinski definition) is 1. The molecule has 26 heavy (non-hydrogen) atoms. The van der Waals surface area contributed by atoms with Crippen molar-refractivity contribution in [1.82, 2.24) is 24.5 Å². The maximum absolute atomic E-state index is 13.3. The van der Waals surface area contributed by atoms with Crippen LogP contribution in [0, 0.1) is 11.6 Å². The Bertz CT molecular complexity index is 1030. The first-order chi connectivity index (χ1) is 12.4. The van der Waals surface area contributed by atoms with Gasteiger partial charge in [0.15, 0.2) is 17.4 Å². The number of aromatic nitrogens is 4. The minimum atomic E-state index is -1.000. The molecule has 0 bridgehead atoms. The molecule has 1 N–H and O–H groups in total. The summed E-state index contributed by atoms with van der Waals surface area (Å²) in [5.74, 6) is -1.99. The molecule has 0 saturated heterocycles. The van der Waals surface area contributed by atoms with Crippen LogP contribution in [-0.4, -0.2) is 32.2 Å². The van der Waals surface area contributed by atoms with Gasteiger partial charge in [-0.2, -0.15) is 0 Å². The molecule has 136 valence electrons. The van der Waals surface area contributed by atoms with Crippen molar-refractivity contribution in [1.29, 1.82) is 0 Å². The lowest BCUT2D eigenvalue weighted by molar-refractivity contribution is -0.122. The molecule has 0 aliphatic rings. The summed E-state index contributed by atoms with van der Waals surface area (Å²) < 4.78 is 33.4. The highest BCUT2D eigenvalue weighted by Crippen LogP contribution is 2.15. The van der Waals surface area contributed by atoms with Crippen molar-refractivity contribution in [3.63, 3.8) is 0 Å². The van der Waals surface area contributed by atoms with E-state index in [2.05, 4.69) is 15.4 Å². The van der Waals surface area contributed by atoms with Gasteiger partial charge in [0.05, 0.1) is 25.5 Å². The highest BCUT2D eigenvalue weighted by atomic mass is 19.2. The zero-order valence-electron chi connectivity index (χ0n) is 13.9. The summed E-state index contributed by atoms with van der Waals surface area (Å²) in [4.78, 5) is 28.4. The normalized spacial score (nSPS) is 12.2. The van der Waals surface area contributed by atoms with Gasteiger partial charge in [-0.15, -0.1) is 5.10 Å². The highest BCUT2D eigenvalue weighted by molar-refractivity contribution is 5.76. The van der Waals surface area contributed by atoms with Crippen LogP contribution in [0.2, 0.25) is 0 Å². The summed E-state index contributed by atoms with van der Waals surface area (Å²) >= 11 is 0. The first kappa shape index (κ1) is 17.5. The Morgan fingerprint density at radius 1 is 1.35 bits per heavy atom. The lowest BCUT2D eigenvalue weighted by Gasteiger charge is -2.14. The lowest BCUT2D eigenvalue weighted by atomic mass is 10.1. The third-order valence-electron chi connectivity index (χ3n) is 3.77. The molecule has 0 aliphatic heterocycles. The summed E-state index contributed by atoms with van der Waals surface area (Å²) in [5.41, 5.74) is -0.159. The summed E-state index contributed by atoms with van der Waals surface area (Å²) in [7, 11) is 1.44. The molecule has 10 heteroatoms. The number of benzene rings is 1. The second kappa shape index (κ2) is 6.90. The Morgan fingerprint density at radius 3 is 2.81 bits per heavy atom. The van der Waals surface area contributed by atoms with Crippen LogP contribution in [0.3, 0.4) is 0 Å². The number of hydrogen-bond acceptors (Lipinski definition) is 5. The summed E-state index contributed by atoms with van der Waals surface area (Å²) in [6.45, 7) is 1.27.